The lowest BCUT2D eigenvalue weighted by Gasteiger charge is -2.38. The van der Waals surface area contributed by atoms with Crippen molar-refractivity contribution in [2.75, 3.05) is 11.4 Å². The van der Waals surface area contributed by atoms with Crippen LogP contribution >= 0.6 is 0 Å². The van der Waals surface area contributed by atoms with Gasteiger partial charge in [0.15, 0.2) is 0 Å². The van der Waals surface area contributed by atoms with E-state index in [1.54, 1.807) is 12.1 Å². The number of nitriles is 1. The molecular formula is C22H29F3N2. The van der Waals surface area contributed by atoms with Crippen molar-refractivity contribution in [2.45, 2.75) is 59.6 Å². The van der Waals surface area contributed by atoms with E-state index in [-0.39, 0.29) is 16.9 Å². The lowest BCUT2D eigenvalue weighted by molar-refractivity contribution is -0.137. The lowest BCUT2D eigenvalue weighted by Crippen LogP contribution is -2.31. The van der Waals surface area contributed by atoms with Crippen molar-refractivity contribution in [3.05, 3.63) is 41.6 Å². The predicted octanol–water partition coefficient (Wildman–Crippen LogP) is 6.77. The fraction of sp³-hybridized carbons (Fsp3) is 0.591. The Balaban J connectivity index is 2.42. The maximum atomic E-state index is 13.4. The highest BCUT2D eigenvalue weighted by atomic mass is 19.4. The molecule has 148 valence electrons. The Morgan fingerprint density at radius 2 is 1.81 bits per heavy atom. The third-order valence-corrected chi connectivity index (χ3v) is 5.88. The zero-order chi connectivity index (χ0) is 20.4. The van der Waals surface area contributed by atoms with Crippen molar-refractivity contribution in [3.8, 4) is 6.07 Å². The average Bonchev–Trinajstić information content (AvgIpc) is 2.89. The molecule has 2 rings (SSSR count). The van der Waals surface area contributed by atoms with Gasteiger partial charge in [0.25, 0.3) is 0 Å². The minimum Gasteiger partial charge on any atom is -0.345 e. The van der Waals surface area contributed by atoms with E-state index in [2.05, 4.69) is 34.3 Å². The van der Waals surface area contributed by atoms with Crippen molar-refractivity contribution in [1.82, 2.24) is 0 Å². The highest BCUT2D eigenvalue weighted by molar-refractivity contribution is 5.59. The van der Waals surface area contributed by atoms with Crippen LogP contribution in [0, 0.1) is 28.6 Å². The topological polar surface area (TPSA) is 27.0 Å². The van der Waals surface area contributed by atoms with Crippen LogP contribution in [-0.4, -0.2) is 6.54 Å². The summed E-state index contributed by atoms with van der Waals surface area (Å²) < 4.78 is 40.1. The van der Waals surface area contributed by atoms with Crippen LogP contribution in [0.3, 0.4) is 0 Å². The van der Waals surface area contributed by atoms with E-state index in [4.69, 9.17) is 5.26 Å². The molecule has 1 aromatic carbocycles. The predicted molar refractivity (Wildman–Crippen MR) is 103 cm³/mol. The zero-order valence-electron chi connectivity index (χ0n) is 16.7. The third-order valence-electron chi connectivity index (χ3n) is 5.88. The Morgan fingerprint density at radius 1 is 1.22 bits per heavy atom. The number of halogens is 3. The van der Waals surface area contributed by atoms with Crippen LogP contribution in [0.2, 0.25) is 0 Å². The number of hydrogen-bond acceptors (Lipinski definition) is 2. The summed E-state index contributed by atoms with van der Waals surface area (Å²) in [5, 5.41) is 9.02. The molecule has 1 saturated heterocycles. The molecule has 0 bridgehead atoms. The smallest absolute Gasteiger partial charge is 0.345 e. The van der Waals surface area contributed by atoms with E-state index in [1.165, 1.54) is 6.07 Å². The van der Waals surface area contributed by atoms with Gasteiger partial charge in [-0.3, -0.25) is 0 Å². The average molecular weight is 378 g/mol. The standard InChI is InChI=1S/C22H29F3N2/c1-6-10-21(5,11-7-2)20-15(3)14-27(16(20)4)18-9-8-17(13-26)19(12-18)22(23,24)25/h8-9,12,15,20H,4,6-7,10-11,14H2,1-3,5H3. The molecule has 1 aromatic rings. The Kier molecular flexibility index (Phi) is 6.29. The number of rotatable bonds is 6. The summed E-state index contributed by atoms with van der Waals surface area (Å²) in [5.41, 5.74) is 0.230. The SMILES string of the molecule is C=C1C(C(C)(CCC)CCC)C(C)CN1c1ccc(C#N)c(C(F)(F)F)c1. The van der Waals surface area contributed by atoms with Gasteiger partial charge in [-0.2, -0.15) is 18.4 Å². The van der Waals surface area contributed by atoms with E-state index in [0.717, 1.165) is 37.4 Å². The molecule has 1 aliphatic rings. The molecule has 1 heterocycles. The van der Waals surface area contributed by atoms with Crippen molar-refractivity contribution < 1.29 is 13.2 Å². The number of nitrogens with zero attached hydrogens (tertiary/aromatic N) is 2. The van der Waals surface area contributed by atoms with Gasteiger partial charge < -0.3 is 4.90 Å². The fourth-order valence-corrected chi connectivity index (χ4v) is 4.98. The molecule has 2 nitrogen and oxygen atoms in total. The first-order valence-electron chi connectivity index (χ1n) is 9.66. The summed E-state index contributed by atoms with van der Waals surface area (Å²) in [6.07, 6.45) is -0.260. The number of hydrogen-bond donors (Lipinski definition) is 0. The molecule has 1 fully saturated rings. The van der Waals surface area contributed by atoms with Gasteiger partial charge in [0, 0.05) is 23.8 Å². The monoisotopic (exact) mass is 378 g/mol. The van der Waals surface area contributed by atoms with Crippen molar-refractivity contribution in [3.63, 3.8) is 0 Å². The molecular weight excluding hydrogens is 349 g/mol. The highest BCUT2D eigenvalue weighted by Gasteiger charge is 2.45. The second kappa shape index (κ2) is 7.96. The van der Waals surface area contributed by atoms with Crippen LogP contribution in [0.5, 0.6) is 0 Å². The quantitative estimate of drug-likeness (QED) is 0.546. The molecule has 27 heavy (non-hydrogen) atoms. The van der Waals surface area contributed by atoms with E-state index in [9.17, 15) is 13.2 Å². The zero-order valence-corrected chi connectivity index (χ0v) is 16.7. The maximum absolute atomic E-state index is 13.4. The number of alkyl halides is 3. The lowest BCUT2D eigenvalue weighted by atomic mass is 9.66. The number of benzene rings is 1. The fourth-order valence-electron chi connectivity index (χ4n) is 4.98. The first-order chi connectivity index (χ1) is 12.6. The second-order valence-electron chi connectivity index (χ2n) is 8.05. The minimum absolute atomic E-state index is 0.0915. The molecule has 0 radical (unpaired) electrons. The Morgan fingerprint density at radius 3 is 2.30 bits per heavy atom. The Bertz CT molecular complexity index is 724. The summed E-state index contributed by atoms with van der Waals surface area (Å²) in [7, 11) is 0. The van der Waals surface area contributed by atoms with E-state index in [1.807, 2.05) is 4.90 Å². The molecule has 0 spiro atoms. The van der Waals surface area contributed by atoms with E-state index in [0.29, 0.717) is 18.2 Å². The largest absolute Gasteiger partial charge is 0.417 e. The number of allylic oxidation sites excluding steroid dienone is 1. The van der Waals surface area contributed by atoms with Gasteiger partial charge in [-0.25, -0.2) is 0 Å². The maximum Gasteiger partial charge on any atom is 0.417 e. The van der Waals surface area contributed by atoms with Crippen LogP contribution in [0.1, 0.15) is 64.5 Å². The summed E-state index contributed by atoms with van der Waals surface area (Å²) in [6, 6.07) is 5.61. The normalized spacial score (nSPS) is 20.8. The molecule has 2 unspecified atom stereocenters. The first-order valence-corrected chi connectivity index (χ1v) is 9.66. The van der Waals surface area contributed by atoms with Crippen LogP contribution in [0.4, 0.5) is 18.9 Å². The second-order valence-corrected chi connectivity index (χ2v) is 8.05. The van der Waals surface area contributed by atoms with E-state index >= 15 is 0 Å². The van der Waals surface area contributed by atoms with Crippen LogP contribution in [-0.2, 0) is 6.18 Å². The van der Waals surface area contributed by atoms with Gasteiger partial charge in [-0.1, -0.05) is 47.1 Å². The van der Waals surface area contributed by atoms with E-state index < -0.39 is 11.7 Å². The van der Waals surface area contributed by atoms with Crippen LogP contribution < -0.4 is 4.90 Å². The molecule has 0 saturated carbocycles. The van der Waals surface area contributed by atoms with Gasteiger partial charge in [0.1, 0.15) is 0 Å². The number of anilines is 1. The van der Waals surface area contributed by atoms with Gasteiger partial charge in [-0.15, -0.1) is 0 Å². The van der Waals surface area contributed by atoms with Gasteiger partial charge in [0.2, 0.25) is 0 Å². The molecule has 1 aliphatic heterocycles. The Hall–Kier alpha value is -1.96. The molecule has 0 aliphatic carbocycles. The molecule has 0 aromatic heterocycles. The van der Waals surface area contributed by atoms with Crippen molar-refractivity contribution in [2.24, 2.45) is 17.3 Å². The molecule has 0 N–H and O–H groups in total. The van der Waals surface area contributed by atoms with Crippen LogP contribution in [0.25, 0.3) is 0 Å². The van der Waals surface area contributed by atoms with Crippen LogP contribution in [0.15, 0.2) is 30.5 Å². The summed E-state index contributed by atoms with van der Waals surface area (Å²) in [6.45, 7) is 13.7. The van der Waals surface area contributed by atoms with Gasteiger partial charge in [0.05, 0.1) is 17.2 Å². The van der Waals surface area contributed by atoms with Crippen molar-refractivity contribution >= 4 is 5.69 Å². The molecule has 2 atom stereocenters. The minimum atomic E-state index is -4.55. The van der Waals surface area contributed by atoms with Gasteiger partial charge >= 0.3 is 6.18 Å². The molecule has 5 heteroatoms. The first kappa shape index (κ1) is 21.3. The third kappa shape index (κ3) is 4.15. The Labute approximate surface area is 160 Å². The summed E-state index contributed by atoms with van der Waals surface area (Å²) >= 11 is 0. The highest BCUT2D eigenvalue weighted by Crippen LogP contribution is 2.50. The summed E-state index contributed by atoms with van der Waals surface area (Å²) in [4.78, 5) is 1.91. The van der Waals surface area contributed by atoms with Gasteiger partial charge in [-0.05, 0) is 42.4 Å². The molecule has 0 amide bonds. The summed E-state index contributed by atoms with van der Waals surface area (Å²) in [5.74, 6) is 0.549. The van der Waals surface area contributed by atoms with Crippen molar-refractivity contribution in [1.29, 1.82) is 5.26 Å².